The van der Waals surface area contributed by atoms with E-state index in [1.165, 1.54) is 24.3 Å². The van der Waals surface area contributed by atoms with Gasteiger partial charge in [-0.05, 0) is 36.5 Å². The van der Waals surface area contributed by atoms with Crippen LogP contribution in [0.2, 0.25) is 0 Å². The van der Waals surface area contributed by atoms with E-state index in [2.05, 4.69) is 13.8 Å². The monoisotopic (exact) mass is 285 g/mol. The van der Waals surface area contributed by atoms with Crippen molar-refractivity contribution in [1.82, 2.24) is 4.31 Å². The molecule has 19 heavy (non-hydrogen) atoms. The summed E-state index contributed by atoms with van der Waals surface area (Å²) < 4.78 is 39.3. The van der Waals surface area contributed by atoms with Crippen molar-refractivity contribution in [2.24, 2.45) is 5.92 Å². The van der Waals surface area contributed by atoms with Gasteiger partial charge in [-0.25, -0.2) is 12.8 Å². The Balaban J connectivity index is 2.16. The molecule has 0 spiro atoms. The smallest absolute Gasteiger partial charge is 0.212 e. The summed E-state index contributed by atoms with van der Waals surface area (Å²) in [5.41, 5.74) is 0.635. The maximum Gasteiger partial charge on any atom is 0.218 e. The first-order valence-electron chi connectivity index (χ1n) is 6.64. The number of halogens is 1. The Morgan fingerprint density at radius 3 is 2.53 bits per heavy atom. The van der Waals surface area contributed by atoms with Crippen LogP contribution in [0.1, 0.15) is 32.3 Å². The van der Waals surface area contributed by atoms with Gasteiger partial charge >= 0.3 is 0 Å². The van der Waals surface area contributed by atoms with Crippen LogP contribution in [0.5, 0.6) is 0 Å². The van der Waals surface area contributed by atoms with Crippen LogP contribution in [-0.4, -0.2) is 25.3 Å². The normalized spacial score (nSPS) is 21.2. The molecule has 2 rings (SSSR count). The van der Waals surface area contributed by atoms with Crippen LogP contribution in [0.3, 0.4) is 0 Å². The Kier molecular flexibility index (Phi) is 4.26. The van der Waals surface area contributed by atoms with Crippen molar-refractivity contribution in [2.75, 3.05) is 6.54 Å². The van der Waals surface area contributed by atoms with Crippen molar-refractivity contribution in [3.63, 3.8) is 0 Å². The minimum absolute atomic E-state index is 0.0451. The minimum Gasteiger partial charge on any atom is -0.212 e. The summed E-state index contributed by atoms with van der Waals surface area (Å²) >= 11 is 0. The first-order valence-corrected chi connectivity index (χ1v) is 8.25. The fourth-order valence-corrected chi connectivity index (χ4v) is 4.60. The maximum atomic E-state index is 12.8. The number of benzene rings is 1. The lowest BCUT2D eigenvalue weighted by molar-refractivity contribution is 0.315. The van der Waals surface area contributed by atoms with Gasteiger partial charge in [-0.3, -0.25) is 0 Å². The Morgan fingerprint density at radius 1 is 1.32 bits per heavy atom. The predicted octanol–water partition coefficient (Wildman–Crippen LogP) is 2.78. The predicted molar refractivity (Wildman–Crippen MR) is 73.6 cm³/mol. The molecule has 1 aliphatic rings. The first-order chi connectivity index (χ1) is 8.90. The average molecular weight is 285 g/mol. The molecule has 0 saturated carbocycles. The van der Waals surface area contributed by atoms with Gasteiger partial charge in [0.05, 0.1) is 5.75 Å². The fraction of sp³-hybridized carbons (Fsp3) is 0.571. The molecular weight excluding hydrogens is 265 g/mol. The van der Waals surface area contributed by atoms with Crippen molar-refractivity contribution in [3.8, 4) is 0 Å². The van der Waals surface area contributed by atoms with Crippen LogP contribution < -0.4 is 0 Å². The van der Waals surface area contributed by atoms with Gasteiger partial charge in [-0.2, -0.15) is 4.31 Å². The van der Waals surface area contributed by atoms with E-state index in [9.17, 15) is 12.8 Å². The minimum atomic E-state index is -3.31. The molecule has 1 fully saturated rings. The van der Waals surface area contributed by atoms with Gasteiger partial charge in [0.1, 0.15) is 5.82 Å². The van der Waals surface area contributed by atoms with Gasteiger partial charge in [0.25, 0.3) is 0 Å². The highest BCUT2D eigenvalue weighted by Gasteiger charge is 2.35. The third kappa shape index (κ3) is 3.34. The highest BCUT2D eigenvalue weighted by atomic mass is 32.2. The largest absolute Gasteiger partial charge is 0.218 e. The van der Waals surface area contributed by atoms with Crippen molar-refractivity contribution in [3.05, 3.63) is 35.6 Å². The lowest BCUT2D eigenvalue weighted by Gasteiger charge is -2.26. The molecule has 3 nitrogen and oxygen atoms in total. The summed E-state index contributed by atoms with van der Waals surface area (Å²) in [5.74, 6) is -0.0656. The molecule has 5 heteroatoms. The van der Waals surface area contributed by atoms with Gasteiger partial charge in [-0.15, -0.1) is 0 Å². The topological polar surface area (TPSA) is 37.4 Å². The second-order valence-electron chi connectivity index (χ2n) is 5.45. The maximum absolute atomic E-state index is 12.8. The molecule has 1 aliphatic heterocycles. The highest BCUT2D eigenvalue weighted by Crippen LogP contribution is 2.28. The Bertz CT molecular complexity index is 525. The third-order valence-corrected chi connectivity index (χ3v) is 5.50. The van der Waals surface area contributed by atoms with E-state index in [0.717, 1.165) is 12.8 Å². The van der Waals surface area contributed by atoms with Gasteiger partial charge in [0, 0.05) is 12.6 Å². The van der Waals surface area contributed by atoms with E-state index in [-0.39, 0.29) is 17.6 Å². The van der Waals surface area contributed by atoms with Crippen molar-refractivity contribution in [2.45, 2.75) is 38.5 Å². The Morgan fingerprint density at radius 2 is 1.95 bits per heavy atom. The summed E-state index contributed by atoms with van der Waals surface area (Å²) in [6, 6.07) is 5.77. The summed E-state index contributed by atoms with van der Waals surface area (Å²) in [4.78, 5) is 0. The number of hydrogen-bond acceptors (Lipinski definition) is 2. The van der Waals surface area contributed by atoms with Crippen LogP contribution in [0.4, 0.5) is 4.39 Å². The Labute approximate surface area is 114 Å². The second kappa shape index (κ2) is 5.59. The van der Waals surface area contributed by atoms with Gasteiger partial charge in [0.2, 0.25) is 10.0 Å². The highest BCUT2D eigenvalue weighted by molar-refractivity contribution is 7.88. The lowest BCUT2D eigenvalue weighted by Crippen LogP contribution is -2.39. The summed E-state index contributed by atoms with van der Waals surface area (Å²) in [6.07, 6.45) is 1.85. The van der Waals surface area contributed by atoms with Crippen molar-refractivity contribution >= 4 is 10.0 Å². The molecule has 0 radical (unpaired) electrons. The molecule has 0 amide bonds. The number of rotatable bonds is 4. The molecule has 1 aromatic carbocycles. The van der Waals surface area contributed by atoms with Gasteiger partial charge < -0.3 is 0 Å². The van der Waals surface area contributed by atoms with Gasteiger partial charge in [0.15, 0.2) is 0 Å². The molecule has 0 aliphatic carbocycles. The first kappa shape index (κ1) is 14.5. The molecule has 1 heterocycles. The standard InChI is InChI=1S/C14H20FNO2S/c1-11(2)14-4-3-9-16(14)19(17,18)10-12-5-7-13(15)8-6-12/h5-8,11,14H,3-4,9-10H2,1-2H3. The number of sulfonamides is 1. The zero-order valence-electron chi connectivity index (χ0n) is 11.3. The SMILES string of the molecule is CC(C)C1CCCN1S(=O)(=O)Cc1ccc(F)cc1. The number of hydrogen-bond donors (Lipinski definition) is 0. The molecule has 0 N–H and O–H groups in total. The summed E-state index contributed by atoms with van der Waals surface area (Å²) in [6.45, 7) is 4.71. The summed E-state index contributed by atoms with van der Waals surface area (Å²) in [5, 5.41) is 0. The van der Waals surface area contributed by atoms with Crippen molar-refractivity contribution in [1.29, 1.82) is 0 Å². The molecule has 1 atom stereocenters. The molecule has 0 aromatic heterocycles. The van der Waals surface area contributed by atoms with Crippen LogP contribution >= 0.6 is 0 Å². The van der Waals surface area contributed by atoms with E-state index < -0.39 is 10.0 Å². The van der Waals surface area contributed by atoms with E-state index in [1.54, 1.807) is 4.31 Å². The van der Waals surface area contributed by atoms with E-state index >= 15 is 0 Å². The fourth-order valence-electron chi connectivity index (χ4n) is 2.65. The Hall–Kier alpha value is -0.940. The zero-order chi connectivity index (χ0) is 14.0. The van der Waals surface area contributed by atoms with Crippen LogP contribution in [0.25, 0.3) is 0 Å². The lowest BCUT2D eigenvalue weighted by atomic mass is 10.0. The quantitative estimate of drug-likeness (QED) is 0.853. The number of nitrogens with zero attached hydrogens (tertiary/aromatic N) is 1. The molecule has 106 valence electrons. The van der Waals surface area contributed by atoms with Crippen LogP contribution in [0, 0.1) is 11.7 Å². The van der Waals surface area contributed by atoms with E-state index in [4.69, 9.17) is 0 Å². The molecule has 1 unspecified atom stereocenters. The average Bonchev–Trinajstić information content (AvgIpc) is 2.82. The molecule has 1 aromatic rings. The molecule has 0 bridgehead atoms. The van der Waals surface area contributed by atoms with Gasteiger partial charge in [-0.1, -0.05) is 26.0 Å². The van der Waals surface area contributed by atoms with Crippen LogP contribution in [-0.2, 0) is 15.8 Å². The van der Waals surface area contributed by atoms with E-state index in [1.807, 2.05) is 0 Å². The second-order valence-corrected chi connectivity index (χ2v) is 7.37. The van der Waals surface area contributed by atoms with Crippen molar-refractivity contribution < 1.29 is 12.8 Å². The van der Waals surface area contributed by atoms with Crippen LogP contribution in [0.15, 0.2) is 24.3 Å². The van der Waals surface area contributed by atoms with E-state index in [0.29, 0.717) is 18.0 Å². The third-order valence-electron chi connectivity index (χ3n) is 3.64. The zero-order valence-corrected chi connectivity index (χ0v) is 12.2. The molecular formula is C14H20FNO2S. The summed E-state index contributed by atoms with van der Waals surface area (Å²) in [7, 11) is -3.31. The molecule has 1 saturated heterocycles.